The molecule has 2 aliphatic carbocycles. The van der Waals surface area contributed by atoms with Crippen molar-refractivity contribution in [3.05, 3.63) is 142 Å². The number of aryl methyl sites for hydroxylation is 2. The second-order valence-electron chi connectivity index (χ2n) is 10.8. The van der Waals surface area contributed by atoms with Gasteiger partial charge in [-0.25, -0.2) is 16.8 Å². The summed E-state index contributed by atoms with van der Waals surface area (Å²) < 4.78 is 64.0. The maximum Gasteiger partial charge on any atom is 0.124 e. The van der Waals surface area contributed by atoms with Crippen molar-refractivity contribution in [2.75, 3.05) is 0 Å². The average Bonchev–Trinajstić information content (AvgIpc) is 3.44. The minimum atomic E-state index is -4.27. The molecular formula is C34H30O6S2Zr. The standard InChI is InChI=1S/C20H16.2C7H8O3S.Zr/c1-2-6-18-12-15(11-17(18)5-1)9-10-16-13-19-7-3-4-8-20(19)14-16;2*1-6-2-4-7(5-3-6)11(8,9)10;/h1-8,11-14H,9-10H2;2*2-5H,1H3,(H,8,9,10);/q;;;+2/p-2. The summed E-state index contributed by atoms with van der Waals surface area (Å²) in [7, 11) is -8.54. The van der Waals surface area contributed by atoms with Gasteiger partial charge in [-0.2, -0.15) is 0 Å². The minimum absolute atomic E-state index is 0.178. The molecule has 9 heteroatoms. The zero-order valence-corrected chi connectivity index (χ0v) is 27.8. The Hall–Kier alpha value is -2.94. The molecule has 6 nitrogen and oxygen atoms in total. The van der Waals surface area contributed by atoms with Gasteiger partial charge >= 0.3 is 137 Å². The summed E-state index contributed by atoms with van der Waals surface area (Å²) in [4.78, 5) is -0.355. The molecule has 0 N–H and O–H groups in total. The first-order chi connectivity index (χ1) is 20.4. The monoisotopic (exact) mass is 688 g/mol. The smallest absolute Gasteiger partial charge is 0.124 e. The summed E-state index contributed by atoms with van der Waals surface area (Å²) in [5.41, 5.74) is 11.6. The number of fused-ring (bicyclic) bond motifs is 6. The van der Waals surface area contributed by atoms with E-state index in [1.165, 1.54) is 48.2 Å². The predicted octanol–water partition coefficient (Wildman–Crippen LogP) is 6.94. The Morgan fingerprint density at radius 1 is 0.558 bits per heavy atom. The van der Waals surface area contributed by atoms with E-state index in [1.807, 2.05) is 13.8 Å². The van der Waals surface area contributed by atoms with Gasteiger partial charge in [0.15, 0.2) is 0 Å². The number of rotatable bonds is 2. The fourth-order valence-corrected chi connectivity index (χ4v) is 11.6. The minimum Gasteiger partial charge on any atom is -0.744 e. The molecule has 1 heterocycles. The second-order valence-corrected chi connectivity index (χ2v) is 17.2. The van der Waals surface area contributed by atoms with E-state index in [9.17, 15) is 25.9 Å². The van der Waals surface area contributed by atoms with E-state index in [0.717, 1.165) is 18.4 Å². The molecule has 2 unspecified atom stereocenters. The van der Waals surface area contributed by atoms with Gasteiger partial charge in [-0.15, -0.1) is 0 Å². The van der Waals surface area contributed by atoms with Crippen molar-refractivity contribution >= 4 is 32.4 Å². The normalized spacial score (nSPS) is 17.8. The maximum absolute atomic E-state index is 10.4. The molecule has 3 aliphatic rings. The van der Waals surface area contributed by atoms with Crippen molar-refractivity contribution < 1.29 is 49.2 Å². The van der Waals surface area contributed by atoms with Crippen molar-refractivity contribution in [2.24, 2.45) is 0 Å². The van der Waals surface area contributed by atoms with E-state index in [1.54, 1.807) is 46.5 Å². The number of hydrogen-bond donors (Lipinski definition) is 0. The van der Waals surface area contributed by atoms with Crippen LogP contribution >= 0.6 is 0 Å². The first-order valence-electron chi connectivity index (χ1n) is 13.8. The Labute approximate surface area is 265 Å². The molecule has 0 spiro atoms. The Morgan fingerprint density at radius 3 is 1.26 bits per heavy atom. The first kappa shape index (κ1) is 31.5. The van der Waals surface area contributed by atoms with Gasteiger partial charge in [0.05, 0.1) is 9.79 Å². The van der Waals surface area contributed by atoms with Crippen molar-refractivity contribution in [3.8, 4) is 0 Å². The van der Waals surface area contributed by atoms with Crippen LogP contribution in [0, 0.1) is 13.8 Å². The van der Waals surface area contributed by atoms with E-state index in [4.69, 9.17) is 0 Å². The van der Waals surface area contributed by atoms with Gasteiger partial charge in [0.25, 0.3) is 0 Å². The quantitative estimate of drug-likeness (QED) is 0.211. The summed E-state index contributed by atoms with van der Waals surface area (Å²) in [5.74, 6) is 0. The van der Waals surface area contributed by atoms with Crippen LogP contribution in [0.2, 0.25) is 0 Å². The van der Waals surface area contributed by atoms with Crippen molar-refractivity contribution in [1.29, 1.82) is 0 Å². The second kappa shape index (κ2) is 13.0. The van der Waals surface area contributed by atoms with Crippen LogP contribution in [0.25, 0.3) is 12.2 Å². The molecular weight excluding hydrogens is 660 g/mol. The van der Waals surface area contributed by atoms with Gasteiger partial charge < -0.3 is 9.11 Å². The molecule has 1 saturated heterocycles. The Kier molecular flexibility index (Phi) is 9.50. The van der Waals surface area contributed by atoms with Crippen molar-refractivity contribution in [1.82, 2.24) is 0 Å². The van der Waals surface area contributed by atoms with E-state index >= 15 is 0 Å². The van der Waals surface area contributed by atoms with Crippen molar-refractivity contribution in [3.63, 3.8) is 0 Å². The molecule has 43 heavy (non-hydrogen) atoms. The van der Waals surface area contributed by atoms with Crippen LogP contribution in [0.4, 0.5) is 0 Å². The fraction of sp³-hybridized carbons (Fsp3) is 0.176. The third-order valence-corrected chi connectivity index (χ3v) is 14.4. The fourth-order valence-electron chi connectivity index (χ4n) is 5.47. The molecule has 1 aliphatic heterocycles. The Bertz CT molecular complexity index is 1770. The van der Waals surface area contributed by atoms with Crippen molar-refractivity contribution in [2.45, 2.75) is 43.7 Å². The molecule has 0 radical (unpaired) electrons. The Morgan fingerprint density at radius 2 is 0.907 bits per heavy atom. The van der Waals surface area contributed by atoms with Gasteiger partial charge in [-0.3, -0.25) is 0 Å². The summed E-state index contributed by atoms with van der Waals surface area (Å²) in [6.07, 6.45) is 7.54. The van der Waals surface area contributed by atoms with E-state index < -0.39 is 43.5 Å². The molecule has 2 atom stereocenters. The third kappa shape index (κ3) is 7.59. The van der Waals surface area contributed by atoms with E-state index in [2.05, 4.69) is 60.7 Å². The van der Waals surface area contributed by atoms with E-state index in [0.29, 0.717) is 0 Å². The topological polar surface area (TPSA) is 114 Å². The maximum atomic E-state index is 10.4. The molecule has 0 saturated carbocycles. The Balaban J connectivity index is 0.000000143. The SMILES string of the molecule is C1=C2CCC3=Cc4ccccc4[CH]3[Zr+2][CH]2c2ccccc21.Cc1ccc(S(=O)(=O)[O-])cc1.Cc1ccc(S(=O)(=O)[O-])cc1. The summed E-state index contributed by atoms with van der Waals surface area (Å²) >= 11 is -0.553. The number of benzene rings is 4. The molecule has 4 aromatic carbocycles. The summed E-state index contributed by atoms with van der Waals surface area (Å²) in [6.45, 7) is 3.64. The molecule has 4 aromatic rings. The molecule has 1 fully saturated rings. The van der Waals surface area contributed by atoms with Crippen LogP contribution in [0.1, 0.15) is 53.5 Å². The number of hydrogen-bond acceptors (Lipinski definition) is 6. The van der Waals surface area contributed by atoms with Crippen LogP contribution in [-0.4, -0.2) is 25.9 Å². The third-order valence-electron chi connectivity index (χ3n) is 7.69. The van der Waals surface area contributed by atoms with Gasteiger partial charge in [0.1, 0.15) is 20.2 Å². The zero-order chi connectivity index (χ0) is 30.8. The van der Waals surface area contributed by atoms with Crippen LogP contribution in [0.15, 0.2) is 118 Å². The van der Waals surface area contributed by atoms with Crippen LogP contribution in [-0.2, 0) is 43.5 Å². The molecule has 7 rings (SSSR count). The molecule has 218 valence electrons. The van der Waals surface area contributed by atoms with Gasteiger partial charge in [-0.05, 0) is 38.1 Å². The first-order valence-corrected chi connectivity index (χ1v) is 19.5. The number of allylic oxidation sites excluding steroid dienone is 2. The summed E-state index contributed by atoms with van der Waals surface area (Å²) in [5, 5.41) is 0. The van der Waals surface area contributed by atoms with Crippen LogP contribution in [0.5, 0.6) is 0 Å². The molecule has 0 amide bonds. The van der Waals surface area contributed by atoms with E-state index in [-0.39, 0.29) is 9.79 Å². The average molecular weight is 690 g/mol. The predicted molar refractivity (Wildman–Crippen MR) is 162 cm³/mol. The molecule has 0 aromatic heterocycles. The summed E-state index contributed by atoms with van der Waals surface area (Å²) in [6, 6.07) is 29.7. The van der Waals surface area contributed by atoms with Gasteiger partial charge in [-0.1, -0.05) is 35.4 Å². The largest absolute Gasteiger partial charge is 0.744 e. The molecule has 0 bridgehead atoms. The zero-order valence-electron chi connectivity index (χ0n) is 23.7. The van der Waals surface area contributed by atoms with Crippen LogP contribution in [0.3, 0.4) is 0 Å². The van der Waals surface area contributed by atoms with Gasteiger partial charge in [0, 0.05) is 0 Å². The van der Waals surface area contributed by atoms with Gasteiger partial charge in [0.2, 0.25) is 0 Å². The van der Waals surface area contributed by atoms with Crippen LogP contribution < -0.4 is 0 Å².